The Hall–Kier alpha value is -2.63. The van der Waals surface area contributed by atoms with Crippen LogP contribution >= 0.6 is 0 Å². The number of aromatic amines is 1. The minimum Gasteiger partial charge on any atom is -0.341 e. The van der Waals surface area contributed by atoms with E-state index >= 15 is 0 Å². The third-order valence-corrected chi connectivity index (χ3v) is 3.15. The molecule has 20 heavy (non-hydrogen) atoms. The van der Waals surface area contributed by atoms with Crippen LogP contribution in [0.3, 0.4) is 0 Å². The highest BCUT2D eigenvalue weighted by Crippen LogP contribution is 2.07. The van der Waals surface area contributed by atoms with Crippen LogP contribution in [0.15, 0.2) is 43.0 Å². The molecule has 3 heterocycles. The fourth-order valence-electron chi connectivity index (χ4n) is 2.09. The van der Waals surface area contributed by atoms with E-state index in [9.17, 15) is 4.79 Å². The Morgan fingerprint density at radius 2 is 2.35 bits per heavy atom. The minimum absolute atomic E-state index is 0.0367. The summed E-state index contributed by atoms with van der Waals surface area (Å²) in [5, 5.41) is 6.61. The van der Waals surface area contributed by atoms with E-state index in [1.54, 1.807) is 24.3 Å². The fraction of sp³-hybridized carbons (Fsp3) is 0.214. The highest BCUT2D eigenvalue weighted by molar-refractivity contribution is 5.78. The van der Waals surface area contributed by atoms with Gasteiger partial charge in [0.2, 0.25) is 5.91 Å². The van der Waals surface area contributed by atoms with Crippen molar-refractivity contribution in [2.24, 2.45) is 0 Å². The first kappa shape index (κ1) is 12.4. The zero-order chi connectivity index (χ0) is 13.9. The minimum atomic E-state index is 0.0367. The molecule has 6 heteroatoms. The third kappa shape index (κ3) is 2.54. The molecule has 0 unspecified atom stereocenters. The molecule has 0 bridgehead atoms. The van der Waals surface area contributed by atoms with Crippen molar-refractivity contribution in [2.75, 3.05) is 7.05 Å². The molecule has 0 saturated carbocycles. The second-order valence-electron chi connectivity index (χ2n) is 4.73. The van der Waals surface area contributed by atoms with Gasteiger partial charge in [-0.25, -0.2) is 4.98 Å². The number of likely N-dealkylation sites (N-methyl/N-ethyl adjacent to an activating group) is 1. The smallest absolute Gasteiger partial charge is 0.228 e. The number of nitrogens with one attached hydrogen (secondary N) is 1. The summed E-state index contributed by atoms with van der Waals surface area (Å²) in [4.78, 5) is 18.3. The lowest BCUT2D eigenvalue weighted by Crippen LogP contribution is -2.27. The summed E-state index contributed by atoms with van der Waals surface area (Å²) in [6.07, 6.45) is 7.61. The largest absolute Gasteiger partial charge is 0.341 e. The second-order valence-corrected chi connectivity index (χ2v) is 4.73. The van der Waals surface area contributed by atoms with Gasteiger partial charge in [0.05, 0.1) is 18.3 Å². The van der Waals surface area contributed by atoms with Gasteiger partial charge in [-0.05, 0) is 12.1 Å². The summed E-state index contributed by atoms with van der Waals surface area (Å²) in [5.74, 6) is 0.0367. The van der Waals surface area contributed by atoms with Crippen LogP contribution < -0.4 is 0 Å². The summed E-state index contributed by atoms with van der Waals surface area (Å²) in [7, 11) is 1.78. The van der Waals surface area contributed by atoms with E-state index in [1.807, 2.05) is 35.0 Å². The van der Waals surface area contributed by atoms with Crippen LogP contribution in [0.25, 0.3) is 5.65 Å². The highest BCUT2D eigenvalue weighted by atomic mass is 16.2. The number of carbonyl (C=O) groups excluding carboxylic acids is 1. The van der Waals surface area contributed by atoms with E-state index in [2.05, 4.69) is 15.2 Å². The van der Waals surface area contributed by atoms with Crippen LogP contribution in [0.4, 0.5) is 0 Å². The topological polar surface area (TPSA) is 66.3 Å². The van der Waals surface area contributed by atoms with Gasteiger partial charge in [0.15, 0.2) is 0 Å². The Kier molecular flexibility index (Phi) is 3.20. The Morgan fingerprint density at radius 1 is 1.45 bits per heavy atom. The number of rotatable bonds is 4. The number of amides is 1. The molecule has 0 atom stereocenters. The lowest BCUT2D eigenvalue weighted by Gasteiger charge is -2.15. The van der Waals surface area contributed by atoms with E-state index in [0.717, 1.165) is 16.9 Å². The average Bonchev–Trinajstić information content (AvgIpc) is 3.06. The predicted molar refractivity (Wildman–Crippen MR) is 74.0 cm³/mol. The molecule has 0 radical (unpaired) electrons. The number of H-pyrrole nitrogens is 1. The van der Waals surface area contributed by atoms with Gasteiger partial charge in [-0.15, -0.1) is 0 Å². The lowest BCUT2D eigenvalue weighted by molar-refractivity contribution is -0.129. The number of fused-ring (bicyclic) bond motifs is 1. The van der Waals surface area contributed by atoms with Crippen LogP contribution in [0, 0.1) is 0 Å². The van der Waals surface area contributed by atoms with Crippen LogP contribution in [0.2, 0.25) is 0 Å². The first-order chi connectivity index (χ1) is 9.72. The standard InChI is InChI=1S/C14H15N5O/c1-18(9-11-7-15-16-8-11)14(20)6-12-10-19-5-3-2-4-13(19)17-12/h2-5,7-8,10H,6,9H2,1H3,(H,15,16). The molecule has 0 aliphatic rings. The quantitative estimate of drug-likeness (QED) is 0.775. The SMILES string of the molecule is CN(Cc1cn[nH]c1)C(=O)Cc1cn2ccccc2n1. The summed E-state index contributed by atoms with van der Waals surface area (Å²) in [6.45, 7) is 0.544. The Balaban J connectivity index is 1.68. The van der Waals surface area contributed by atoms with Crippen molar-refractivity contribution in [2.45, 2.75) is 13.0 Å². The molecule has 3 aromatic rings. The van der Waals surface area contributed by atoms with Crippen molar-refractivity contribution >= 4 is 11.6 Å². The molecule has 0 fully saturated rings. The zero-order valence-corrected chi connectivity index (χ0v) is 11.2. The van der Waals surface area contributed by atoms with Gasteiger partial charge in [-0.1, -0.05) is 6.07 Å². The monoisotopic (exact) mass is 269 g/mol. The Morgan fingerprint density at radius 3 is 3.10 bits per heavy atom. The van der Waals surface area contributed by atoms with Crippen LogP contribution in [0.5, 0.6) is 0 Å². The number of pyridine rings is 1. The molecule has 1 amide bonds. The molecule has 102 valence electrons. The first-order valence-electron chi connectivity index (χ1n) is 6.36. The van der Waals surface area contributed by atoms with Crippen LogP contribution in [-0.2, 0) is 17.8 Å². The van der Waals surface area contributed by atoms with E-state index in [1.165, 1.54) is 0 Å². The number of nitrogens with zero attached hydrogens (tertiary/aromatic N) is 4. The molecule has 1 N–H and O–H groups in total. The zero-order valence-electron chi connectivity index (χ0n) is 11.2. The first-order valence-corrected chi connectivity index (χ1v) is 6.36. The number of imidazole rings is 1. The van der Waals surface area contributed by atoms with Crippen molar-refractivity contribution in [3.63, 3.8) is 0 Å². The number of hydrogen-bond donors (Lipinski definition) is 1. The predicted octanol–water partition coefficient (Wildman–Crippen LogP) is 1.26. The fourth-order valence-corrected chi connectivity index (χ4v) is 2.09. The van der Waals surface area contributed by atoms with E-state index in [0.29, 0.717) is 13.0 Å². The molecule has 0 saturated heterocycles. The maximum atomic E-state index is 12.2. The maximum Gasteiger partial charge on any atom is 0.228 e. The summed E-state index contributed by atoms with van der Waals surface area (Å²) >= 11 is 0. The van der Waals surface area contributed by atoms with Crippen LogP contribution in [-0.4, -0.2) is 37.4 Å². The summed E-state index contributed by atoms with van der Waals surface area (Å²) in [5.41, 5.74) is 2.61. The molecule has 0 spiro atoms. The summed E-state index contributed by atoms with van der Waals surface area (Å²) < 4.78 is 1.92. The molecule has 3 aromatic heterocycles. The van der Waals surface area contributed by atoms with E-state index < -0.39 is 0 Å². The molecule has 3 rings (SSSR count). The van der Waals surface area contributed by atoms with Crippen molar-refractivity contribution < 1.29 is 4.79 Å². The van der Waals surface area contributed by atoms with Gasteiger partial charge in [-0.2, -0.15) is 5.10 Å². The maximum absolute atomic E-state index is 12.2. The molecule has 0 aliphatic carbocycles. The number of aromatic nitrogens is 4. The van der Waals surface area contributed by atoms with Gasteiger partial charge in [0.25, 0.3) is 0 Å². The van der Waals surface area contributed by atoms with Gasteiger partial charge < -0.3 is 9.30 Å². The third-order valence-electron chi connectivity index (χ3n) is 3.15. The van der Waals surface area contributed by atoms with Crippen molar-refractivity contribution in [1.29, 1.82) is 0 Å². The van der Waals surface area contributed by atoms with Gasteiger partial charge >= 0.3 is 0 Å². The van der Waals surface area contributed by atoms with Gasteiger partial charge in [-0.3, -0.25) is 9.89 Å². The van der Waals surface area contributed by atoms with Gasteiger partial charge in [0.1, 0.15) is 5.65 Å². The average molecular weight is 269 g/mol. The van der Waals surface area contributed by atoms with Gasteiger partial charge in [0, 0.05) is 37.7 Å². The van der Waals surface area contributed by atoms with E-state index in [-0.39, 0.29) is 5.91 Å². The normalized spacial score (nSPS) is 10.8. The number of hydrogen-bond acceptors (Lipinski definition) is 3. The van der Waals surface area contributed by atoms with Crippen molar-refractivity contribution in [1.82, 2.24) is 24.5 Å². The van der Waals surface area contributed by atoms with Crippen LogP contribution in [0.1, 0.15) is 11.3 Å². The molecule has 0 aromatic carbocycles. The molecular weight excluding hydrogens is 254 g/mol. The van der Waals surface area contributed by atoms with Crippen molar-refractivity contribution in [3.8, 4) is 0 Å². The Bertz CT molecular complexity index is 683. The van der Waals surface area contributed by atoms with E-state index in [4.69, 9.17) is 0 Å². The molecule has 0 aliphatic heterocycles. The highest BCUT2D eigenvalue weighted by Gasteiger charge is 2.12. The summed E-state index contributed by atoms with van der Waals surface area (Å²) in [6, 6.07) is 5.79. The molecular formula is C14H15N5O. The Labute approximate surface area is 116 Å². The molecule has 6 nitrogen and oxygen atoms in total. The lowest BCUT2D eigenvalue weighted by atomic mass is 10.2. The number of carbonyl (C=O) groups is 1. The second kappa shape index (κ2) is 5.16. The van der Waals surface area contributed by atoms with Crippen molar-refractivity contribution in [3.05, 3.63) is 54.2 Å².